The van der Waals surface area contributed by atoms with Gasteiger partial charge in [-0.05, 0) is 65.7 Å². The van der Waals surface area contributed by atoms with Crippen molar-refractivity contribution in [3.05, 3.63) is 28.2 Å². The lowest BCUT2D eigenvalue weighted by Gasteiger charge is -2.22. The van der Waals surface area contributed by atoms with Gasteiger partial charge < -0.3 is 10.6 Å². The highest BCUT2D eigenvalue weighted by Gasteiger charge is 2.36. The van der Waals surface area contributed by atoms with Gasteiger partial charge in [0.2, 0.25) is 0 Å². The van der Waals surface area contributed by atoms with Crippen molar-refractivity contribution < 1.29 is 4.79 Å². The molecule has 0 aliphatic heterocycles. The number of anilines is 1. The van der Waals surface area contributed by atoms with Crippen molar-refractivity contribution in [1.82, 2.24) is 4.90 Å². The van der Waals surface area contributed by atoms with Crippen LogP contribution in [0.2, 0.25) is 0 Å². The third kappa shape index (κ3) is 2.53. The molecule has 3 nitrogen and oxygen atoms in total. The molecule has 2 aliphatic carbocycles. The number of hydrogen-bond acceptors (Lipinski definition) is 2. The van der Waals surface area contributed by atoms with Crippen LogP contribution in [0, 0.1) is 5.92 Å². The fraction of sp³-hybridized carbons (Fsp3) is 0.500. The van der Waals surface area contributed by atoms with E-state index in [-0.39, 0.29) is 5.91 Å². The van der Waals surface area contributed by atoms with Gasteiger partial charge in [0.05, 0.1) is 0 Å². The van der Waals surface area contributed by atoms with Gasteiger partial charge >= 0.3 is 0 Å². The second-order valence-electron chi connectivity index (χ2n) is 5.37. The number of benzene rings is 1. The molecule has 0 radical (unpaired) electrons. The van der Waals surface area contributed by atoms with Gasteiger partial charge in [-0.25, -0.2) is 0 Å². The van der Waals surface area contributed by atoms with E-state index in [2.05, 4.69) is 20.8 Å². The lowest BCUT2D eigenvalue weighted by Crippen LogP contribution is -2.34. The monoisotopic (exact) mass is 308 g/mol. The normalized spacial score (nSPS) is 18.7. The zero-order valence-electron chi connectivity index (χ0n) is 10.2. The highest BCUT2D eigenvalue weighted by Crippen LogP contribution is 2.36. The lowest BCUT2D eigenvalue weighted by molar-refractivity contribution is 0.0735. The molecule has 1 aromatic rings. The van der Waals surface area contributed by atoms with Crippen LogP contribution in [-0.2, 0) is 0 Å². The molecule has 1 amide bonds. The molecule has 96 valence electrons. The summed E-state index contributed by atoms with van der Waals surface area (Å²) in [6.45, 7) is 0.930. The predicted molar refractivity (Wildman–Crippen MR) is 75.3 cm³/mol. The van der Waals surface area contributed by atoms with Crippen LogP contribution >= 0.6 is 15.9 Å². The largest absolute Gasteiger partial charge is 0.398 e. The van der Waals surface area contributed by atoms with E-state index in [9.17, 15) is 4.79 Å². The number of rotatable bonds is 4. The molecule has 18 heavy (non-hydrogen) atoms. The van der Waals surface area contributed by atoms with Gasteiger partial charge in [-0.15, -0.1) is 0 Å². The first-order valence-corrected chi connectivity index (χ1v) is 7.30. The molecule has 2 fully saturated rings. The summed E-state index contributed by atoms with van der Waals surface area (Å²) >= 11 is 3.36. The summed E-state index contributed by atoms with van der Waals surface area (Å²) in [4.78, 5) is 14.6. The highest BCUT2D eigenvalue weighted by atomic mass is 79.9. The van der Waals surface area contributed by atoms with E-state index in [1.165, 1.54) is 12.8 Å². The van der Waals surface area contributed by atoms with Crippen molar-refractivity contribution in [2.75, 3.05) is 12.3 Å². The smallest absolute Gasteiger partial charge is 0.254 e. The third-order valence-corrected chi connectivity index (χ3v) is 4.37. The molecule has 0 atom stereocenters. The Labute approximate surface area is 115 Å². The van der Waals surface area contributed by atoms with Crippen LogP contribution in [-0.4, -0.2) is 23.4 Å². The van der Waals surface area contributed by atoms with E-state index >= 15 is 0 Å². The van der Waals surface area contributed by atoms with Crippen molar-refractivity contribution in [3.63, 3.8) is 0 Å². The summed E-state index contributed by atoms with van der Waals surface area (Å²) in [6, 6.07) is 5.95. The summed E-state index contributed by atoms with van der Waals surface area (Å²) in [5.41, 5.74) is 7.19. The van der Waals surface area contributed by atoms with Crippen LogP contribution in [0.1, 0.15) is 36.0 Å². The number of nitrogens with two attached hydrogens (primary N) is 1. The van der Waals surface area contributed by atoms with E-state index in [4.69, 9.17) is 5.73 Å². The maximum absolute atomic E-state index is 12.5. The second kappa shape index (κ2) is 4.57. The van der Waals surface area contributed by atoms with Crippen LogP contribution < -0.4 is 5.73 Å². The first-order valence-electron chi connectivity index (χ1n) is 6.51. The number of halogens is 1. The molecule has 4 heteroatoms. The maximum atomic E-state index is 12.5. The standard InChI is InChI=1S/C14H17BrN2O/c15-12-6-3-10(7-13(12)16)14(18)17(11-4-5-11)8-9-1-2-9/h3,6-7,9,11H,1-2,4-5,8,16H2. The zero-order valence-corrected chi connectivity index (χ0v) is 11.8. The number of hydrogen-bond donors (Lipinski definition) is 1. The van der Waals surface area contributed by atoms with Crippen molar-refractivity contribution in [1.29, 1.82) is 0 Å². The fourth-order valence-electron chi connectivity index (χ4n) is 2.21. The number of carbonyl (C=O) groups excluding carboxylic acids is 1. The van der Waals surface area contributed by atoms with Crippen LogP contribution in [0.5, 0.6) is 0 Å². The van der Waals surface area contributed by atoms with Crippen LogP contribution in [0.15, 0.2) is 22.7 Å². The van der Waals surface area contributed by atoms with Crippen LogP contribution in [0.25, 0.3) is 0 Å². The molecule has 0 aromatic heterocycles. The van der Waals surface area contributed by atoms with Gasteiger partial charge in [-0.2, -0.15) is 0 Å². The number of carbonyl (C=O) groups is 1. The Bertz CT molecular complexity index is 481. The van der Waals surface area contributed by atoms with Gasteiger partial charge in [-0.3, -0.25) is 4.79 Å². The Balaban J connectivity index is 1.79. The minimum atomic E-state index is 0.142. The summed E-state index contributed by atoms with van der Waals surface area (Å²) in [6.07, 6.45) is 4.87. The molecule has 2 saturated carbocycles. The quantitative estimate of drug-likeness (QED) is 0.869. The highest BCUT2D eigenvalue weighted by molar-refractivity contribution is 9.10. The molecule has 0 bridgehead atoms. The SMILES string of the molecule is Nc1cc(C(=O)N(CC2CC2)C2CC2)ccc1Br. The maximum Gasteiger partial charge on any atom is 0.254 e. The molecular formula is C14H17BrN2O. The minimum Gasteiger partial charge on any atom is -0.398 e. The van der Waals surface area contributed by atoms with E-state index < -0.39 is 0 Å². The molecule has 2 aliphatic rings. The van der Waals surface area contributed by atoms with Crippen LogP contribution in [0.3, 0.4) is 0 Å². The molecule has 1 aromatic carbocycles. The topological polar surface area (TPSA) is 46.3 Å². The van der Waals surface area contributed by atoms with E-state index in [1.54, 1.807) is 6.07 Å². The molecule has 0 heterocycles. The average Bonchev–Trinajstić information content (AvgIpc) is 3.22. The molecule has 2 N–H and O–H groups in total. The number of nitrogens with zero attached hydrogens (tertiary/aromatic N) is 1. The Morgan fingerprint density at radius 3 is 2.61 bits per heavy atom. The van der Waals surface area contributed by atoms with Gasteiger partial charge in [0.25, 0.3) is 5.91 Å². The van der Waals surface area contributed by atoms with Gasteiger partial charge in [0, 0.05) is 28.3 Å². The molecular weight excluding hydrogens is 292 g/mol. The van der Waals surface area contributed by atoms with Gasteiger partial charge in [0.1, 0.15) is 0 Å². The number of nitrogen functional groups attached to an aromatic ring is 1. The second-order valence-corrected chi connectivity index (χ2v) is 6.22. The first-order chi connectivity index (χ1) is 8.65. The Morgan fingerprint density at radius 2 is 2.06 bits per heavy atom. The summed E-state index contributed by atoms with van der Waals surface area (Å²) in [5, 5.41) is 0. The molecule has 3 rings (SSSR count). The van der Waals surface area contributed by atoms with Crippen molar-refractivity contribution >= 4 is 27.5 Å². The summed E-state index contributed by atoms with van der Waals surface area (Å²) < 4.78 is 0.846. The van der Waals surface area contributed by atoms with Crippen molar-refractivity contribution in [3.8, 4) is 0 Å². The van der Waals surface area contributed by atoms with Gasteiger partial charge in [-0.1, -0.05) is 0 Å². The minimum absolute atomic E-state index is 0.142. The zero-order chi connectivity index (χ0) is 12.7. The van der Waals surface area contributed by atoms with Crippen molar-refractivity contribution in [2.24, 2.45) is 5.92 Å². The van der Waals surface area contributed by atoms with Gasteiger partial charge in [0.15, 0.2) is 0 Å². The Kier molecular flexibility index (Phi) is 3.06. The molecule has 0 unspecified atom stereocenters. The third-order valence-electron chi connectivity index (χ3n) is 3.64. The Hall–Kier alpha value is -1.03. The molecule has 0 saturated heterocycles. The average molecular weight is 309 g/mol. The predicted octanol–water partition coefficient (Wildman–Crippen LogP) is 3.05. The van der Waals surface area contributed by atoms with E-state index in [0.717, 1.165) is 29.8 Å². The Morgan fingerprint density at radius 1 is 1.33 bits per heavy atom. The van der Waals surface area contributed by atoms with Crippen LogP contribution in [0.4, 0.5) is 5.69 Å². The first kappa shape index (κ1) is 12.0. The van der Waals surface area contributed by atoms with E-state index in [0.29, 0.717) is 17.3 Å². The van der Waals surface area contributed by atoms with Crippen molar-refractivity contribution in [2.45, 2.75) is 31.7 Å². The molecule has 0 spiro atoms. The summed E-state index contributed by atoms with van der Waals surface area (Å²) in [5.74, 6) is 0.881. The lowest BCUT2D eigenvalue weighted by atomic mass is 10.1. The number of amides is 1. The van der Waals surface area contributed by atoms with E-state index in [1.807, 2.05) is 12.1 Å². The fourth-order valence-corrected chi connectivity index (χ4v) is 2.45. The summed E-state index contributed by atoms with van der Waals surface area (Å²) in [7, 11) is 0.